The number of nitrogens with zero attached hydrogens (tertiary/aromatic N) is 5. The molecule has 3 aromatic rings. The molecule has 0 spiro atoms. The van der Waals surface area contributed by atoms with Crippen LogP contribution in [0.1, 0.15) is 5.56 Å². The number of benzene rings is 1. The molecule has 0 aliphatic carbocycles. The lowest BCUT2D eigenvalue weighted by Crippen LogP contribution is -2.36. The van der Waals surface area contributed by atoms with E-state index in [1.54, 1.807) is 36.5 Å². The van der Waals surface area contributed by atoms with Gasteiger partial charge in [-0.2, -0.15) is 5.26 Å². The second-order valence-electron chi connectivity index (χ2n) is 6.39. The number of ether oxygens (including phenoxy) is 2. The van der Waals surface area contributed by atoms with Crippen LogP contribution in [0, 0.1) is 11.3 Å². The first kappa shape index (κ1) is 17.8. The highest BCUT2D eigenvalue weighted by Gasteiger charge is 2.18. The molecule has 4 rings (SSSR count). The minimum atomic E-state index is 0.327. The Labute approximate surface area is 162 Å². The normalized spacial score (nSPS) is 13.9. The summed E-state index contributed by atoms with van der Waals surface area (Å²) in [5, 5.41) is 9.87. The van der Waals surface area contributed by atoms with Gasteiger partial charge >= 0.3 is 0 Å². The van der Waals surface area contributed by atoms with Crippen LogP contribution in [0.25, 0.3) is 16.9 Å². The predicted octanol–water partition coefficient (Wildman–Crippen LogP) is 2.23. The summed E-state index contributed by atoms with van der Waals surface area (Å²) in [5.41, 5.74) is 9.05. The first-order chi connectivity index (χ1) is 13.7. The van der Waals surface area contributed by atoms with Crippen LogP contribution in [0.3, 0.4) is 0 Å². The Morgan fingerprint density at radius 3 is 2.71 bits per heavy atom. The standard InChI is InChI=1S/C20H20N6O2/c1-27-16-9-14(8-15(10-16)25-4-6-28-7-5-25)17-11-19(22)24-20(18(17)12-21)26-3-2-23-13-26/h2-3,8-11,13H,4-7H2,1H3,(H2,22,24). The van der Waals surface area contributed by atoms with E-state index in [9.17, 15) is 5.26 Å². The van der Waals surface area contributed by atoms with E-state index in [0.29, 0.717) is 41.7 Å². The molecule has 1 fully saturated rings. The quantitative estimate of drug-likeness (QED) is 0.745. The summed E-state index contributed by atoms with van der Waals surface area (Å²) in [5.74, 6) is 1.49. The van der Waals surface area contributed by atoms with E-state index in [1.807, 2.05) is 18.2 Å². The van der Waals surface area contributed by atoms with Crippen molar-refractivity contribution < 1.29 is 9.47 Å². The minimum absolute atomic E-state index is 0.327. The molecule has 28 heavy (non-hydrogen) atoms. The number of morpholine rings is 1. The molecule has 3 heterocycles. The lowest BCUT2D eigenvalue weighted by Gasteiger charge is -2.29. The molecule has 142 valence electrons. The number of imidazole rings is 1. The number of aromatic nitrogens is 3. The van der Waals surface area contributed by atoms with Crippen LogP contribution in [0.2, 0.25) is 0 Å². The zero-order valence-corrected chi connectivity index (χ0v) is 15.5. The Bertz CT molecular complexity index is 1020. The van der Waals surface area contributed by atoms with Crippen molar-refractivity contribution in [3.63, 3.8) is 0 Å². The highest BCUT2D eigenvalue weighted by Crippen LogP contribution is 2.35. The molecule has 8 nitrogen and oxygen atoms in total. The molecular formula is C20H20N6O2. The van der Waals surface area contributed by atoms with Gasteiger partial charge in [0.25, 0.3) is 0 Å². The molecule has 0 amide bonds. The third kappa shape index (κ3) is 3.35. The number of hydrogen-bond donors (Lipinski definition) is 1. The molecule has 2 N–H and O–H groups in total. The largest absolute Gasteiger partial charge is 0.497 e. The average molecular weight is 376 g/mol. The van der Waals surface area contributed by atoms with Crippen molar-refractivity contribution in [2.24, 2.45) is 0 Å². The van der Waals surface area contributed by atoms with E-state index in [-0.39, 0.29) is 0 Å². The average Bonchev–Trinajstić information content (AvgIpc) is 3.28. The van der Waals surface area contributed by atoms with Gasteiger partial charge in [0.05, 0.1) is 20.3 Å². The smallest absolute Gasteiger partial charge is 0.158 e. The minimum Gasteiger partial charge on any atom is -0.497 e. The molecule has 1 aromatic carbocycles. The van der Waals surface area contributed by atoms with Gasteiger partial charge in [-0.1, -0.05) is 0 Å². The third-order valence-corrected chi connectivity index (χ3v) is 4.70. The van der Waals surface area contributed by atoms with Gasteiger partial charge in [0.15, 0.2) is 5.82 Å². The van der Waals surface area contributed by atoms with Crippen molar-refractivity contribution >= 4 is 11.5 Å². The fourth-order valence-electron chi connectivity index (χ4n) is 3.32. The summed E-state index contributed by atoms with van der Waals surface area (Å²) in [6, 6.07) is 9.92. The van der Waals surface area contributed by atoms with Gasteiger partial charge in [0.2, 0.25) is 0 Å². The molecule has 1 aliphatic rings. The van der Waals surface area contributed by atoms with Gasteiger partial charge in [0, 0.05) is 42.8 Å². The second kappa shape index (κ2) is 7.58. The number of rotatable bonds is 4. The number of methoxy groups -OCH3 is 1. The second-order valence-corrected chi connectivity index (χ2v) is 6.39. The van der Waals surface area contributed by atoms with Crippen LogP contribution < -0.4 is 15.4 Å². The fraction of sp³-hybridized carbons (Fsp3) is 0.250. The number of nitrogen functional groups attached to an aromatic ring is 1. The third-order valence-electron chi connectivity index (χ3n) is 4.70. The van der Waals surface area contributed by atoms with Gasteiger partial charge in [-0.25, -0.2) is 9.97 Å². The monoisotopic (exact) mass is 376 g/mol. The highest BCUT2D eigenvalue weighted by atomic mass is 16.5. The van der Waals surface area contributed by atoms with Crippen molar-refractivity contribution in [1.82, 2.24) is 14.5 Å². The van der Waals surface area contributed by atoms with Crippen molar-refractivity contribution in [1.29, 1.82) is 5.26 Å². The van der Waals surface area contributed by atoms with Crippen molar-refractivity contribution in [2.75, 3.05) is 44.0 Å². The molecule has 0 unspecified atom stereocenters. The summed E-state index contributed by atoms with van der Waals surface area (Å²) in [4.78, 5) is 10.6. The van der Waals surface area contributed by atoms with Gasteiger partial charge < -0.3 is 20.1 Å². The predicted molar refractivity (Wildman–Crippen MR) is 106 cm³/mol. The Kier molecular flexibility index (Phi) is 4.83. The van der Waals surface area contributed by atoms with Crippen LogP contribution in [0.5, 0.6) is 5.75 Å². The molecule has 0 bridgehead atoms. The Hall–Kier alpha value is -3.57. The maximum absolute atomic E-state index is 9.87. The van der Waals surface area contributed by atoms with Crippen molar-refractivity contribution in [3.8, 4) is 28.8 Å². The van der Waals surface area contributed by atoms with Crippen molar-refractivity contribution in [3.05, 3.63) is 48.5 Å². The van der Waals surface area contributed by atoms with Gasteiger partial charge in [-0.15, -0.1) is 0 Å². The number of nitrogens with two attached hydrogens (primary N) is 1. The van der Waals surface area contributed by atoms with Crippen LogP contribution in [-0.4, -0.2) is 47.9 Å². The number of nitriles is 1. The van der Waals surface area contributed by atoms with E-state index in [4.69, 9.17) is 15.2 Å². The summed E-state index contributed by atoms with van der Waals surface area (Å²) in [6.45, 7) is 2.97. The van der Waals surface area contributed by atoms with Crippen LogP contribution in [-0.2, 0) is 4.74 Å². The summed E-state index contributed by atoms with van der Waals surface area (Å²) in [7, 11) is 1.63. The van der Waals surface area contributed by atoms with Crippen LogP contribution >= 0.6 is 0 Å². The van der Waals surface area contributed by atoms with E-state index >= 15 is 0 Å². The molecule has 1 saturated heterocycles. The first-order valence-corrected chi connectivity index (χ1v) is 8.90. The molecule has 8 heteroatoms. The number of pyridine rings is 1. The lowest BCUT2D eigenvalue weighted by atomic mass is 9.99. The van der Waals surface area contributed by atoms with E-state index in [2.05, 4.69) is 20.9 Å². The summed E-state index contributed by atoms with van der Waals surface area (Å²) >= 11 is 0. The van der Waals surface area contributed by atoms with Crippen LogP contribution in [0.4, 0.5) is 11.5 Å². The maximum Gasteiger partial charge on any atom is 0.158 e. The van der Waals surface area contributed by atoms with Crippen LogP contribution in [0.15, 0.2) is 43.0 Å². The molecule has 1 aliphatic heterocycles. The Morgan fingerprint density at radius 1 is 1.21 bits per heavy atom. The van der Waals surface area contributed by atoms with Gasteiger partial charge in [0.1, 0.15) is 29.5 Å². The lowest BCUT2D eigenvalue weighted by molar-refractivity contribution is 0.122. The number of anilines is 2. The zero-order chi connectivity index (χ0) is 19.5. The molecule has 0 radical (unpaired) electrons. The Balaban J connectivity index is 1.88. The first-order valence-electron chi connectivity index (χ1n) is 8.90. The maximum atomic E-state index is 9.87. The van der Waals surface area contributed by atoms with E-state index in [0.717, 1.165) is 24.3 Å². The summed E-state index contributed by atoms with van der Waals surface area (Å²) in [6.07, 6.45) is 4.96. The SMILES string of the molecule is COc1cc(-c2cc(N)nc(-n3ccnc3)c2C#N)cc(N2CCOCC2)c1. The van der Waals surface area contributed by atoms with Gasteiger partial charge in [-0.05, 0) is 23.8 Å². The highest BCUT2D eigenvalue weighted by molar-refractivity contribution is 5.79. The fourth-order valence-corrected chi connectivity index (χ4v) is 3.32. The van der Waals surface area contributed by atoms with E-state index in [1.165, 1.54) is 0 Å². The molecule has 0 saturated carbocycles. The molecular weight excluding hydrogens is 356 g/mol. The topological polar surface area (TPSA) is 102 Å². The zero-order valence-electron chi connectivity index (χ0n) is 15.5. The Morgan fingerprint density at radius 2 is 2.04 bits per heavy atom. The van der Waals surface area contributed by atoms with Gasteiger partial charge in [-0.3, -0.25) is 4.57 Å². The van der Waals surface area contributed by atoms with E-state index < -0.39 is 0 Å². The summed E-state index contributed by atoms with van der Waals surface area (Å²) < 4.78 is 12.6. The molecule has 0 atom stereocenters. The van der Waals surface area contributed by atoms with Crippen molar-refractivity contribution in [2.45, 2.75) is 0 Å². The number of hydrogen-bond acceptors (Lipinski definition) is 7. The molecule has 2 aromatic heterocycles.